The van der Waals surface area contributed by atoms with Gasteiger partial charge in [-0.1, -0.05) is 50.2 Å². The number of aromatic amines is 4. The number of nitrogens with zero attached hydrogens (tertiary/aromatic N) is 3. The number of benzene rings is 2. The number of H-pyrrole nitrogens is 4. The maximum Gasteiger partial charge on any atom is 0.326 e. The third kappa shape index (κ3) is 22.9. The number of carboxylic acid groups (broad SMARTS) is 2. The number of likely N-dealkylation sites (tertiary alicyclic amines) is 1. The largest absolute Gasteiger partial charge is 0.481 e. The summed E-state index contributed by atoms with van der Waals surface area (Å²) in [7, 11) is 0. The smallest absolute Gasteiger partial charge is 0.326 e. The highest BCUT2D eigenvalue weighted by Gasteiger charge is 2.42. The summed E-state index contributed by atoms with van der Waals surface area (Å²) >= 11 is 0. The van der Waals surface area contributed by atoms with Gasteiger partial charge in [-0.05, 0) is 89.0 Å². The number of aliphatic hydroxyl groups is 2. The van der Waals surface area contributed by atoms with E-state index in [9.17, 15) is 87.5 Å². The Balaban J connectivity index is 1.03. The molecule has 0 aliphatic carbocycles. The van der Waals surface area contributed by atoms with Crippen LogP contribution in [0.1, 0.15) is 103 Å². The van der Waals surface area contributed by atoms with E-state index in [-0.39, 0.29) is 75.9 Å². The second-order valence-electron chi connectivity index (χ2n) is 26.3. The summed E-state index contributed by atoms with van der Waals surface area (Å²) in [4.78, 5) is 212. The first-order valence-corrected chi connectivity index (χ1v) is 34.0. The van der Waals surface area contributed by atoms with Crippen molar-refractivity contribution in [3.8, 4) is 0 Å². The van der Waals surface area contributed by atoms with Crippen molar-refractivity contribution in [2.75, 3.05) is 6.54 Å². The molecule has 0 bridgehead atoms. The minimum absolute atomic E-state index is 0.00182. The van der Waals surface area contributed by atoms with E-state index < -0.39 is 174 Å². The van der Waals surface area contributed by atoms with Crippen molar-refractivity contribution in [3.05, 3.63) is 108 Å². The molecule has 5 heterocycles. The van der Waals surface area contributed by atoms with Gasteiger partial charge in [-0.15, -0.1) is 0 Å². The second kappa shape index (κ2) is 37.5. The Bertz CT molecular complexity index is 4080. The van der Waals surface area contributed by atoms with Crippen LogP contribution in [0.4, 0.5) is 0 Å². The van der Waals surface area contributed by atoms with Crippen molar-refractivity contribution in [3.63, 3.8) is 0 Å². The van der Waals surface area contributed by atoms with Crippen LogP contribution in [-0.2, 0) is 92.8 Å². The van der Waals surface area contributed by atoms with Crippen molar-refractivity contribution in [1.82, 2.24) is 88.0 Å². The maximum atomic E-state index is 14.8. The molecule has 566 valence electrons. The quantitative estimate of drug-likeness (QED) is 0.0176. The molecule has 7 rings (SSSR count). The molecular formula is C68H91N19O18. The number of carboxylic acids is 2. The first kappa shape index (κ1) is 80.7. The number of rotatable bonds is 39. The molecule has 0 radical (unpaired) electrons. The Morgan fingerprint density at radius 2 is 0.971 bits per heavy atom. The predicted octanol–water partition coefficient (Wildman–Crippen LogP) is -3.80. The summed E-state index contributed by atoms with van der Waals surface area (Å²) < 4.78 is 0. The monoisotopic (exact) mass is 1460 g/mol. The van der Waals surface area contributed by atoms with Gasteiger partial charge in [0.05, 0.1) is 37.3 Å². The Kier molecular flexibility index (Phi) is 28.9. The number of imidazole rings is 2. The highest BCUT2D eigenvalue weighted by molar-refractivity contribution is 6.01. The summed E-state index contributed by atoms with van der Waals surface area (Å²) in [5.74, 6) is -15.0. The van der Waals surface area contributed by atoms with Crippen LogP contribution in [0.5, 0.6) is 0 Å². The van der Waals surface area contributed by atoms with Crippen LogP contribution in [0, 0.1) is 5.92 Å². The highest BCUT2D eigenvalue weighted by Crippen LogP contribution is 2.24. The zero-order chi connectivity index (χ0) is 76.9. The molecule has 1 aliphatic rings. The fourth-order valence-electron chi connectivity index (χ4n) is 11.9. The number of fused-ring (bicyclic) bond motifs is 2. The lowest BCUT2D eigenvalue weighted by molar-refractivity contribution is -0.144. The summed E-state index contributed by atoms with van der Waals surface area (Å²) in [6.45, 7) is 8.13. The Morgan fingerprint density at radius 1 is 0.524 bits per heavy atom. The number of aliphatic hydroxyl groups excluding tert-OH is 2. The lowest BCUT2D eigenvalue weighted by Gasteiger charge is -2.30. The summed E-state index contributed by atoms with van der Waals surface area (Å²) in [5.41, 5.74) is 15.0. The molecule has 0 saturated carbocycles. The zero-order valence-corrected chi connectivity index (χ0v) is 58.5. The van der Waals surface area contributed by atoms with Crippen LogP contribution in [0.2, 0.25) is 0 Å². The Morgan fingerprint density at radius 3 is 1.47 bits per heavy atom. The van der Waals surface area contributed by atoms with Gasteiger partial charge in [-0.25, -0.2) is 14.8 Å². The first-order chi connectivity index (χ1) is 49.8. The number of aliphatic carboxylic acids is 2. The van der Waals surface area contributed by atoms with Gasteiger partial charge in [0.25, 0.3) is 0 Å². The fraction of sp³-hybridized carbons (Fsp3) is 0.471. The molecule has 1 aliphatic heterocycles. The number of amides is 12. The number of nitrogens with two attached hydrogens (primary N) is 2. The lowest BCUT2D eigenvalue weighted by Crippen LogP contribution is -2.62. The molecule has 37 heteroatoms. The molecule has 1 saturated heterocycles. The molecule has 0 spiro atoms. The van der Waals surface area contributed by atoms with E-state index in [0.29, 0.717) is 27.7 Å². The second-order valence-corrected chi connectivity index (χ2v) is 26.3. The Hall–Kier alpha value is -11.6. The van der Waals surface area contributed by atoms with Crippen molar-refractivity contribution in [2.24, 2.45) is 17.4 Å². The van der Waals surface area contributed by atoms with Crippen molar-refractivity contribution in [1.29, 1.82) is 0 Å². The average molecular weight is 1460 g/mol. The zero-order valence-electron chi connectivity index (χ0n) is 58.5. The normalized spacial score (nSPS) is 16.6. The minimum Gasteiger partial charge on any atom is -0.481 e. The molecule has 2 aromatic carbocycles. The molecule has 22 N–H and O–H groups in total. The van der Waals surface area contributed by atoms with Gasteiger partial charge in [0.1, 0.15) is 66.5 Å². The first-order valence-electron chi connectivity index (χ1n) is 34.0. The van der Waals surface area contributed by atoms with Crippen LogP contribution >= 0.6 is 0 Å². The number of hydrogen-bond donors (Lipinski definition) is 20. The van der Waals surface area contributed by atoms with Crippen LogP contribution < -0.4 is 64.6 Å². The molecule has 12 amide bonds. The van der Waals surface area contributed by atoms with Crippen LogP contribution in [0.3, 0.4) is 0 Å². The molecule has 4 aromatic heterocycles. The SMILES string of the molecule is CC(C)C[C@H](NC(=O)[C@@H](NC(=O)[C@H](C)NC(=O)[C@H](Cc1c[nH]c2ccccc12)NC(=O)[C@H](Cc1cnc[nH]1)NC(=O)[C@H](Cc1cnc[nH]1)NC(=O)[C@H](C)NC(=O)[C@@H](NC(=O)[C@H](CC(=O)O)NC(=O)[C@@H]1CCCN1C(=O)[C@H](CCC(N)=O)NC(=O)[C@@H](N)Cc1c[nH]c2ccccc12)[C@@H](C)O)[C@@H](C)O)C(=O)O. The van der Waals surface area contributed by atoms with Gasteiger partial charge in [0.2, 0.25) is 70.9 Å². The third-order valence-electron chi connectivity index (χ3n) is 17.5. The van der Waals surface area contributed by atoms with E-state index in [1.54, 1.807) is 50.5 Å². The average Bonchev–Trinajstić information content (AvgIpc) is 1.51. The van der Waals surface area contributed by atoms with E-state index in [4.69, 9.17) is 11.5 Å². The standard InChI is InChI=1S/C68H91N19O18/c1-32(2)20-51(68(104)105)84-66(102)56(36(6)89)85-58(94)34(4)77-60(96)47(22-38-27-74-45-15-10-8-13-42(38)45)81-62(98)49(24-40-29-72-31-76-40)82-61(97)48(23-39-28-71-30-75-39)80-57(93)33(3)78-65(101)55(35(5)88)86-63(99)50(25-54(91)92)83-64(100)52-16-11-19-87(52)67(103)46(17-18-53(70)90)79-59(95)43(69)21-37-26-73-44-14-9-7-12-41(37)44/h7-10,12-15,26-36,43,46-52,55-56,73-74,88-89H,11,16-25,69H2,1-6H3,(H2,70,90)(H,71,75)(H,72,76)(H,77,96)(H,78,101)(H,79,95)(H,80,93)(H,81,98)(H,82,97)(H,83,100)(H,84,102)(H,85,94)(H,86,99)(H,91,92)(H,104,105)/t33-,34-,35+,36+,43-,46-,47-,48-,49-,50-,51-,52-,55-,56-/m0/s1. The number of nitrogens with one attached hydrogen (secondary N) is 14. The van der Waals surface area contributed by atoms with Crippen molar-refractivity contribution < 1.29 is 87.5 Å². The summed E-state index contributed by atoms with van der Waals surface area (Å²) in [6.07, 6.45) is 2.95. The van der Waals surface area contributed by atoms with E-state index in [1.165, 1.54) is 45.8 Å². The Labute approximate surface area is 600 Å². The van der Waals surface area contributed by atoms with Crippen LogP contribution in [-0.4, -0.2) is 229 Å². The third-order valence-corrected chi connectivity index (χ3v) is 17.5. The number of aromatic nitrogens is 6. The van der Waals surface area contributed by atoms with Gasteiger partial charge < -0.3 is 110 Å². The molecule has 14 atom stereocenters. The lowest BCUT2D eigenvalue weighted by atomic mass is 10.0. The molecular weight excluding hydrogens is 1370 g/mol. The number of para-hydroxylation sites is 2. The van der Waals surface area contributed by atoms with Crippen LogP contribution in [0.15, 0.2) is 86.0 Å². The minimum atomic E-state index is -1.96. The van der Waals surface area contributed by atoms with E-state index in [0.717, 1.165) is 22.7 Å². The highest BCUT2D eigenvalue weighted by atomic mass is 16.4. The predicted molar refractivity (Wildman–Crippen MR) is 373 cm³/mol. The summed E-state index contributed by atoms with van der Waals surface area (Å²) in [6, 6.07) is -4.36. The number of carbonyl (C=O) groups is 14. The molecule has 37 nitrogen and oxygen atoms in total. The van der Waals surface area contributed by atoms with Crippen molar-refractivity contribution >= 4 is 105 Å². The van der Waals surface area contributed by atoms with E-state index in [2.05, 4.69) is 83.1 Å². The molecule has 6 aromatic rings. The van der Waals surface area contributed by atoms with Crippen LogP contribution in [0.25, 0.3) is 21.8 Å². The summed E-state index contributed by atoms with van der Waals surface area (Å²) in [5, 5.41) is 67.1. The van der Waals surface area contributed by atoms with E-state index in [1.807, 2.05) is 24.3 Å². The molecule has 0 unspecified atom stereocenters. The number of primary amides is 1. The van der Waals surface area contributed by atoms with Crippen molar-refractivity contribution in [2.45, 2.75) is 190 Å². The topological polar surface area (TPSA) is 584 Å². The molecule has 1 fully saturated rings. The van der Waals surface area contributed by atoms with Gasteiger partial charge >= 0.3 is 11.9 Å². The van der Waals surface area contributed by atoms with Gasteiger partial charge in [0.15, 0.2) is 0 Å². The van der Waals surface area contributed by atoms with Gasteiger partial charge in [-0.2, -0.15) is 0 Å². The van der Waals surface area contributed by atoms with Gasteiger partial charge in [0, 0.05) is 90.2 Å². The maximum absolute atomic E-state index is 14.8. The van der Waals surface area contributed by atoms with Gasteiger partial charge in [-0.3, -0.25) is 62.3 Å². The molecule has 105 heavy (non-hydrogen) atoms. The fourth-order valence-corrected chi connectivity index (χ4v) is 11.9. The van der Waals surface area contributed by atoms with E-state index >= 15 is 0 Å². The number of hydrogen-bond acceptors (Lipinski definition) is 19. The number of carbonyl (C=O) groups excluding carboxylic acids is 12.